The molecule has 1 saturated carbocycles. The number of carbonyl (C=O) groups is 1. The monoisotopic (exact) mass is 358 g/mol. The van der Waals surface area contributed by atoms with E-state index in [9.17, 15) is 15.0 Å². The second-order valence-corrected chi connectivity index (χ2v) is 8.91. The van der Waals surface area contributed by atoms with Gasteiger partial charge < -0.3 is 14.9 Å². The quantitative estimate of drug-likeness (QED) is 0.779. The van der Waals surface area contributed by atoms with Gasteiger partial charge in [-0.15, -0.1) is 0 Å². The molecule has 26 heavy (non-hydrogen) atoms. The van der Waals surface area contributed by atoms with E-state index >= 15 is 0 Å². The lowest BCUT2D eigenvalue weighted by atomic mass is 9.61. The average Bonchev–Trinajstić information content (AvgIpc) is 2.51. The Bertz CT molecular complexity index is 734. The van der Waals surface area contributed by atoms with Gasteiger partial charge in [0, 0.05) is 0 Å². The summed E-state index contributed by atoms with van der Waals surface area (Å²) in [6.45, 7) is 8.37. The average molecular weight is 358 g/mol. The molecule has 1 aliphatic heterocycles. The normalized spacial score (nSPS) is 29.7. The van der Waals surface area contributed by atoms with Gasteiger partial charge in [0.15, 0.2) is 0 Å². The number of fused-ring (bicyclic) bond motifs is 1. The number of ether oxygens (including phenoxy) is 1. The van der Waals surface area contributed by atoms with Crippen LogP contribution in [0.5, 0.6) is 11.5 Å². The lowest BCUT2D eigenvalue weighted by molar-refractivity contribution is -0.148. The second-order valence-electron chi connectivity index (χ2n) is 8.91. The van der Waals surface area contributed by atoms with E-state index in [4.69, 9.17) is 4.74 Å². The molecule has 3 rings (SSSR count). The summed E-state index contributed by atoms with van der Waals surface area (Å²) in [6.07, 6.45) is 8.33. The summed E-state index contributed by atoms with van der Waals surface area (Å²) in [6, 6.07) is 3.68. The molecule has 3 unspecified atom stereocenters. The molecule has 142 valence electrons. The fraction of sp³-hybridized carbons (Fsp3) is 0.591. The topological polar surface area (TPSA) is 66.8 Å². The number of aryl methyl sites for hydroxylation is 1. The van der Waals surface area contributed by atoms with Crippen LogP contribution < -0.4 is 4.74 Å². The van der Waals surface area contributed by atoms with E-state index in [1.165, 1.54) is 0 Å². The van der Waals surface area contributed by atoms with Crippen LogP contribution in [-0.2, 0) is 4.79 Å². The molecule has 1 heterocycles. The van der Waals surface area contributed by atoms with E-state index < -0.39 is 11.6 Å². The number of carboxylic acid groups (broad SMARTS) is 1. The Morgan fingerprint density at radius 2 is 2.04 bits per heavy atom. The van der Waals surface area contributed by atoms with Crippen molar-refractivity contribution in [2.75, 3.05) is 0 Å². The number of aliphatic carboxylic acids is 1. The first kappa shape index (κ1) is 18.8. The van der Waals surface area contributed by atoms with Crippen molar-refractivity contribution in [1.29, 1.82) is 0 Å². The molecule has 3 atom stereocenters. The zero-order chi connectivity index (χ0) is 19.1. The van der Waals surface area contributed by atoms with Crippen LogP contribution in [0.15, 0.2) is 18.2 Å². The van der Waals surface area contributed by atoms with Crippen LogP contribution in [0.2, 0.25) is 0 Å². The molecular formula is C22H30O4. The zero-order valence-electron chi connectivity index (χ0n) is 16.2. The molecule has 1 fully saturated rings. The van der Waals surface area contributed by atoms with Crippen molar-refractivity contribution < 1.29 is 19.7 Å². The number of benzene rings is 1. The maximum absolute atomic E-state index is 11.7. The minimum atomic E-state index is -0.668. The van der Waals surface area contributed by atoms with Gasteiger partial charge in [0.25, 0.3) is 0 Å². The van der Waals surface area contributed by atoms with Gasteiger partial charge in [-0.3, -0.25) is 4.79 Å². The van der Waals surface area contributed by atoms with Gasteiger partial charge in [-0.2, -0.15) is 0 Å². The van der Waals surface area contributed by atoms with Crippen LogP contribution in [0.4, 0.5) is 0 Å². The summed E-state index contributed by atoms with van der Waals surface area (Å²) in [7, 11) is 0. The summed E-state index contributed by atoms with van der Waals surface area (Å²) < 4.78 is 6.24. The highest BCUT2D eigenvalue weighted by atomic mass is 16.5. The first-order valence-electron chi connectivity index (χ1n) is 9.56. The van der Waals surface area contributed by atoms with Crippen LogP contribution in [0.25, 0.3) is 6.08 Å². The van der Waals surface area contributed by atoms with E-state index in [0.717, 1.165) is 43.2 Å². The lowest BCUT2D eigenvalue weighted by Gasteiger charge is -2.44. The third-order valence-electron chi connectivity index (χ3n) is 6.30. The SMILES string of the molecule is Cc1cc(O)c2c(c1)OC(C)(CCC1C(C(=O)O)CCCC1(C)C)C=C2. The fourth-order valence-corrected chi connectivity index (χ4v) is 4.72. The van der Waals surface area contributed by atoms with Crippen LogP contribution in [0.3, 0.4) is 0 Å². The van der Waals surface area contributed by atoms with E-state index in [2.05, 4.69) is 13.8 Å². The maximum atomic E-state index is 11.7. The summed E-state index contributed by atoms with van der Waals surface area (Å²) in [5.74, 6) is 0.144. The summed E-state index contributed by atoms with van der Waals surface area (Å²) in [5.41, 5.74) is 1.22. The van der Waals surface area contributed by atoms with Crippen molar-refractivity contribution in [3.05, 3.63) is 29.3 Å². The summed E-state index contributed by atoms with van der Waals surface area (Å²) >= 11 is 0. The number of carboxylic acids is 1. The number of phenols is 1. The highest BCUT2D eigenvalue weighted by molar-refractivity contribution is 5.70. The van der Waals surface area contributed by atoms with Gasteiger partial charge in [0.2, 0.25) is 0 Å². The van der Waals surface area contributed by atoms with E-state index in [-0.39, 0.29) is 23.0 Å². The Morgan fingerprint density at radius 3 is 2.73 bits per heavy atom. The number of phenolic OH excluding ortho intramolecular Hbond substituents is 1. The van der Waals surface area contributed by atoms with Crippen molar-refractivity contribution in [3.8, 4) is 11.5 Å². The van der Waals surface area contributed by atoms with E-state index in [0.29, 0.717) is 5.75 Å². The molecule has 1 aromatic carbocycles. The highest BCUT2D eigenvalue weighted by Gasteiger charge is 2.43. The molecule has 0 amide bonds. The predicted octanol–water partition coefficient (Wildman–Crippen LogP) is 5.17. The van der Waals surface area contributed by atoms with E-state index in [1.807, 2.05) is 32.1 Å². The van der Waals surface area contributed by atoms with Crippen LogP contribution >= 0.6 is 0 Å². The molecule has 1 aromatic rings. The predicted molar refractivity (Wildman–Crippen MR) is 102 cm³/mol. The van der Waals surface area contributed by atoms with Crippen molar-refractivity contribution >= 4 is 12.0 Å². The minimum Gasteiger partial charge on any atom is -0.507 e. The lowest BCUT2D eigenvalue weighted by Crippen LogP contribution is -2.41. The Labute approximate surface area is 155 Å². The van der Waals surface area contributed by atoms with Gasteiger partial charge >= 0.3 is 5.97 Å². The third-order valence-corrected chi connectivity index (χ3v) is 6.30. The Balaban J connectivity index is 1.77. The molecule has 0 bridgehead atoms. The smallest absolute Gasteiger partial charge is 0.306 e. The Hall–Kier alpha value is -1.97. The van der Waals surface area contributed by atoms with Gasteiger partial charge in [0.1, 0.15) is 17.1 Å². The van der Waals surface area contributed by atoms with Gasteiger partial charge in [0.05, 0.1) is 11.5 Å². The molecule has 1 aliphatic carbocycles. The van der Waals surface area contributed by atoms with Gasteiger partial charge in [-0.05, 0) is 80.7 Å². The van der Waals surface area contributed by atoms with Gasteiger partial charge in [-0.1, -0.05) is 20.3 Å². The summed E-state index contributed by atoms with van der Waals surface area (Å²) in [5, 5.41) is 19.8. The van der Waals surface area contributed by atoms with Crippen molar-refractivity contribution in [3.63, 3.8) is 0 Å². The third kappa shape index (κ3) is 3.60. The molecule has 4 nitrogen and oxygen atoms in total. The van der Waals surface area contributed by atoms with Gasteiger partial charge in [-0.25, -0.2) is 0 Å². The number of aromatic hydroxyl groups is 1. The number of hydrogen-bond acceptors (Lipinski definition) is 3. The van der Waals surface area contributed by atoms with Crippen molar-refractivity contribution in [2.24, 2.45) is 17.3 Å². The Morgan fingerprint density at radius 1 is 1.31 bits per heavy atom. The second kappa shape index (κ2) is 6.64. The first-order chi connectivity index (χ1) is 12.1. The highest BCUT2D eigenvalue weighted by Crippen LogP contribution is 2.48. The van der Waals surface area contributed by atoms with Crippen molar-refractivity contribution in [1.82, 2.24) is 0 Å². The summed E-state index contributed by atoms with van der Waals surface area (Å²) in [4.78, 5) is 11.7. The first-order valence-corrected chi connectivity index (χ1v) is 9.56. The Kier molecular flexibility index (Phi) is 4.80. The number of rotatable bonds is 4. The fourth-order valence-electron chi connectivity index (χ4n) is 4.72. The van der Waals surface area contributed by atoms with Crippen molar-refractivity contribution in [2.45, 2.75) is 65.4 Å². The van der Waals surface area contributed by atoms with Crippen LogP contribution in [0.1, 0.15) is 64.0 Å². The molecule has 0 aromatic heterocycles. The molecule has 0 spiro atoms. The maximum Gasteiger partial charge on any atom is 0.306 e. The molecule has 2 N–H and O–H groups in total. The molecule has 4 heteroatoms. The number of hydrogen-bond donors (Lipinski definition) is 2. The molecular weight excluding hydrogens is 328 g/mol. The molecule has 0 saturated heterocycles. The zero-order valence-corrected chi connectivity index (χ0v) is 16.2. The van der Waals surface area contributed by atoms with E-state index in [1.54, 1.807) is 6.07 Å². The van der Waals surface area contributed by atoms with Crippen LogP contribution in [-0.4, -0.2) is 21.8 Å². The molecule has 0 radical (unpaired) electrons. The largest absolute Gasteiger partial charge is 0.507 e. The van der Waals surface area contributed by atoms with Crippen LogP contribution in [0, 0.1) is 24.2 Å². The standard InChI is InChI=1S/C22H30O4/c1-14-12-18(23)16-7-10-22(4,26-19(16)13-14)11-8-17-15(20(24)25)6-5-9-21(17,2)3/h7,10,12-13,15,17,23H,5-6,8-9,11H2,1-4H3,(H,24,25). The minimum absolute atomic E-state index is 0.0306. The molecule has 2 aliphatic rings.